The monoisotopic (exact) mass is 323 g/mol. The Morgan fingerprint density at radius 3 is 2.71 bits per heavy atom. The molecule has 24 heavy (non-hydrogen) atoms. The molecular formula is C20H21NO3. The molecule has 4 nitrogen and oxygen atoms in total. The number of aryl methyl sites for hydroxylation is 2. The summed E-state index contributed by atoms with van der Waals surface area (Å²) < 4.78 is 10.6. The fraction of sp³-hybridized carbons (Fsp3) is 0.250. The van der Waals surface area contributed by atoms with E-state index in [1.165, 1.54) is 17.2 Å². The highest BCUT2D eigenvalue weighted by atomic mass is 16.7. The largest absolute Gasteiger partial charge is 0.454 e. The second-order valence-electron chi connectivity index (χ2n) is 6.04. The van der Waals surface area contributed by atoms with E-state index in [0.717, 1.165) is 16.9 Å². The van der Waals surface area contributed by atoms with Crippen LogP contribution in [-0.2, 0) is 4.79 Å². The van der Waals surface area contributed by atoms with Crippen LogP contribution in [0.5, 0.6) is 11.5 Å². The molecule has 0 saturated carbocycles. The van der Waals surface area contributed by atoms with Gasteiger partial charge in [-0.05, 0) is 55.7 Å². The summed E-state index contributed by atoms with van der Waals surface area (Å²) in [5, 5.41) is 3.00. The van der Waals surface area contributed by atoms with E-state index in [1.807, 2.05) is 25.1 Å². The van der Waals surface area contributed by atoms with Gasteiger partial charge in [-0.2, -0.15) is 0 Å². The highest BCUT2D eigenvalue weighted by Gasteiger charge is 2.13. The van der Waals surface area contributed by atoms with Crippen LogP contribution in [0.3, 0.4) is 0 Å². The van der Waals surface area contributed by atoms with Gasteiger partial charge in [-0.3, -0.25) is 4.79 Å². The molecule has 1 amide bonds. The van der Waals surface area contributed by atoms with E-state index < -0.39 is 0 Å². The number of nitrogens with one attached hydrogen (secondary N) is 1. The molecule has 1 atom stereocenters. The molecule has 2 aromatic rings. The van der Waals surface area contributed by atoms with Crippen LogP contribution >= 0.6 is 0 Å². The molecule has 124 valence electrons. The molecule has 0 spiro atoms. The van der Waals surface area contributed by atoms with Gasteiger partial charge in [-0.1, -0.05) is 29.8 Å². The van der Waals surface area contributed by atoms with Crippen molar-refractivity contribution in [3.63, 3.8) is 0 Å². The van der Waals surface area contributed by atoms with Crippen molar-refractivity contribution < 1.29 is 14.3 Å². The lowest BCUT2D eigenvalue weighted by Crippen LogP contribution is -2.25. The first kappa shape index (κ1) is 16.1. The quantitative estimate of drug-likeness (QED) is 0.868. The number of hydrogen-bond acceptors (Lipinski definition) is 3. The number of ether oxygens (including phenoxy) is 2. The summed E-state index contributed by atoms with van der Waals surface area (Å²) in [6.45, 7) is 6.36. The van der Waals surface area contributed by atoms with Gasteiger partial charge in [0.25, 0.3) is 0 Å². The highest BCUT2D eigenvalue weighted by molar-refractivity contribution is 5.92. The summed E-state index contributed by atoms with van der Waals surface area (Å²) in [6.07, 6.45) is 3.31. The van der Waals surface area contributed by atoms with Gasteiger partial charge in [0.1, 0.15) is 0 Å². The van der Waals surface area contributed by atoms with Crippen molar-refractivity contribution in [2.75, 3.05) is 6.79 Å². The Hall–Kier alpha value is -2.75. The van der Waals surface area contributed by atoms with E-state index in [9.17, 15) is 4.79 Å². The fourth-order valence-corrected chi connectivity index (χ4v) is 2.84. The zero-order valence-electron chi connectivity index (χ0n) is 14.1. The molecular weight excluding hydrogens is 302 g/mol. The predicted molar refractivity (Wildman–Crippen MR) is 94.1 cm³/mol. The van der Waals surface area contributed by atoms with Gasteiger partial charge in [0.05, 0.1) is 6.04 Å². The Morgan fingerprint density at radius 1 is 1.12 bits per heavy atom. The first-order valence-electron chi connectivity index (χ1n) is 7.98. The maximum atomic E-state index is 12.2. The minimum Gasteiger partial charge on any atom is -0.454 e. The Morgan fingerprint density at radius 2 is 1.92 bits per heavy atom. The van der Waals surface area contributed by atoms with Crippen molar-refractivity contribution in [1.82, 2.24) is 5.32 Å². The molecule has 0 aromatic heterocycles. The Balaban J connectivity index is 1.64. The summed E-state index contributed by atoms with van der Waals surface area (Å²) in [5.74, 6) is 1.32. The van der Waals surface area contributed by atoms with Crippen LogP contribution in [0.1, 0.15) is 35.2 Å². The second kappa shape index (κ2) is 6.79. The SMILES string of the molecule is Cc1ccc([C@H](C)NC(=O)/C=C/c2ccc3c(c2)OCO3)c(C)c1. The molecule has 0 unspecified atom stereocenters. The van der Waals surface area contributed by atoms with E-state index in [0.29, 0.717) is 5.75 Å². The van der Waals surface area contributed by atoms with E-state index >= 15 is 0 Å². The van der Waals surface area contributed by atoms with Crippen molar-refractivity contribution in [3.05, 3.63) is 64.7 Å². The first-order chi connectivity index (χ1) is 11.5. The summed E-state index contributed by atoms with van der Waals surface area (Å²) in [4.78, 5) is 12.2. The van der Waals surface area contributed by atoms with Gasteiger partial charge < -0.3 is 14.8 Å². The molecule has 1 aliphatic rings. The topological polar surface area (TPSA) is 47.6 Å². The molecule has 1 N–H and O–H groups in total. The van der Waals surface area contributed by atoms with Crippen LogP contribution in [0, 0.1) is 13.8 Å². The van der Waals surface area contributed by atoms with Crippen LogP contribution in [0.25, 0.3) is 6.08 Å². The highest BCUT2D eigenvalue weighted by Crippen LogP contribution is 2.32. The number of amides is 1. The van der Waals surface area contributed by atoms with Crippen LogP contribution in [-0.4, -0.2) is 12.7 Å². The van der Waals surface area contributed by atoms with Crippen molar-refractivity contribution in [1.29, 1.82) is 0 Å². The number of fused-ring (bicyclic) bond motifs is 1. The molecule has 0 saturated heterocycles. The summed E-state index contributed by atoms with van der Waals surface area (Å²) in [6, 6.07) is 11.8. The fourth-order valence-electron chi connectivity index (χ4n) is 2.84. The molecule has 1 heterocycles. The van der Waals surface area contributed by atoms with E-state index in [-0.39, 0.29) is 18.7 Å². The minimum atomic E-state index is -0.125. The molecule has 0 radical (unpaired) electrons. The molecule has 1 aliphatic heterocycles. The van der Waals surface area contributed by atoms with Crippen molar-refractivity contribution in [2.24, 2.45) is 0 Å². The zero-order valence-corrected chi connectivity index (χ0v) is 14.1. The average Bonchev–Trinajstić information content (AvgIpc) is 3.00. The van der Waals surface area contributed by atoms with Crippen molar-refractivity contribution in [2.45, 2.75) is 26.8 Å². The number of hydrogen-bond donors (Lipinski definition) is 1. The third-order valence-electron chi connectivity index (χ3n) is 4.07. The smallest absolute Gasteiger partial charge is 0.244 e. The van der Waals surface area contributed by atoms with E-state index in [1.54, 1.807) is 6.08 Å². The number of benzene rings is 2. The molecule has 0 fully saturated rings. The van der Waals surface area contributed by atoms with Crippen LogP contribution in [0.15, 0.2) is 42.5 Å². The zero-order chi connectivity index (χ0) is 17.1. The summed E-state index contributed by atoms with van der Waals surface area (Å²) in [5.41, 5.74) is 4.43. The lowest BCUT2D eigenvalue weighted by Gasteiger charge is -2.16. The minimum absolute atomic E-state index is 0.0421. The second-order valence-corrected chi connectivity index (χ2v) is 6.04. The molecule has 4 heteroatoms. The van der Waals surface area contributed by atoms with Gasteiger partial charge in [-0.15, -0.1) is 0 Å². The lowest BCUT2D eigenvalue weighted by atomic mass is 10.0. The van der Waals surface area contributed by atoms with Crippen LogP contribution in [0.4, 0.5) is 0 Å². The lowest BCUT2D eigenvalue weighted by molar-refractivity contribution is -0.117. The van der Waals surface area contributed by atoms with Gasteiger partial charge in [0.15, 0.2) is 11.5 Å². The summed E-state index contributed by atoms with van der Waals surface area (Å²) in [7, 11) is 0. The van der Waals surface area contributed by atoms with E-state index in [4.69, 9.17) is 9.47 Å². The Labute approximate surface area is 142 Å². The van der Waals surface area contributed by atoms with Crippen LogP contribution < -0.4 is 14.8 Å². The number of carbonyl (C=O) groups excluding carboxylic acids is 1. The number of carbonyl (C=O) groups is 1. The standard InChI is InChI=1S/C20H21NO3/c1-13-4-7-17(14(2)10-13)15(3)21-20(22)9-6-16-5-8-18-19(11-16)24-12-23-18/h4-11,15H,12H2,1-3H3,(H,21,22)/b9-6+/t15-/m0/s1. The van der Waals surface area contributed by atoms with E-state index in [2.05, 4.69) is 37.4 Å². The maximum absolute atomic E-state index is 12.2. The Kier molecular flexibility index (Phi) is 4.56. The third-order valence-corrected chi connectivity index (χ3v) is 4.07. The number of rotatable bonds is 4. The van der Waals surface area contributed by atoms with Crippen molar-refractivity contribution >= 4 is 12.0 Å². The van der Waals surface area contributed by atoms with Crippen molar-refractivity contribution in [3.8, 4) is 11.5 Å². The third kappa shape index (κ3) is 3.59. The molecule has 2 aromatic carbocycles. The van der Waals surface area contributed by atoms with Crippen LogP contribution in [0.2, 0.25) is 0 Å². The first-order valence-corrected chi connectivity index (χ1v) is 7.98. The Bertz CT molecular complexity index is 795. The van der Waals surface area contributed by atoms with Gasteiger partial charge in [0.2, 0.25) is 12.7 Å². The van der Waals surface area contributed by atoms with Gasteiger partial charge in [0, 0.05) is 6.08 Å². The average molecular weight is 323 g/mol. The normalized spacial score (nSPS) is 14.0. The van der Waals surface area contributed by atoms with Gasteiger partial charge in [-0.25, -0.2) is 0 Å². The molecule has 0 aliphatic carbocycles. The summed E-state index contributed by atoms with van der Waals surface area (Å²) >= 11 is 0. The van der Waals surface area contributed by atoms with Gasteiger partial charge >= 0.3 is 0 Å². The maximum Gasteiger partial charge on any atom is 0.244 e. The molecule has 3 rings (SSSR count). The molecule has 0 bridgehead atoms. The predicted octanol–water partition coefficient (Wildman–Crippen LogP) is 3.92.